The van der Waals surface area contributed by atoms with E-state index in [1.165, 1.54) is 11.8 Å². The average molecular weight is 464 g/mol. The number of amides is 1. The van der Waals surface area contributed by atoms with Gasteiger partial charge in [0.15, 0.2) is 22.5 Å². The summed E-state index contributed by atoms with van der Waals surface area (Å²) in [5.74, 6) is 2.67. The first-order valence-electron chi connectivity index (χ1n) is 11.1. The molecular weight excluding hydrogens is 426 g/mol. The van der Waals surface area contributed by atoms with E-state index in [1.807, 2.05) is 18.2 Å². The van der Waals surface area contributed by atoms with E-state index in [0.29, 0.717) is 30.2 Å². The van der Waals surface area contributed by atoms with Gasteiger partial charge in [-0.2, -0.15) is 0 Å². The van der Waals surface area contributed by atoms with Crippen molar-refractivity contribution in [2.24, 2.45) is 0 Å². The van der Waals surface area contributed by atoms with Crippen molar-refractivity contribution in [3.8, 4) is 11.5 Å². The number of rotatable bonds is 14. The summed E-state index contributed by atoms with van der Waals surface area (Å²) in [6.07, 6.45) is 3.82. The summed E-state index contributed by atoms with van der Waals surface area (Å²) in [5, 5.41) is 12.7. The molecule has 0 bridgehead atoms. The predicted octanol–water partition coefficient (Wildman–Crippen LogP) is 3.56. The number of nitrogens with one attached hydrogen (secondary N) is 1. The fourth-order valence-corrected chi connectivity index (χ4v) is 4.32. The largest absolute Gasteiger partial charge is 0.493 e. The van der Waals surface area contributed by atoms with Crippen LogP contribution < -0.4 is 14.8 Å². The molecule has 0 fully saturated rings. The Morgan fingerprint density at radius 1 is 1.19 bits per heavy atom. The molecule has 0 saturated heterocycles. The maximum absolute atomic E-state index is 12.4. The first kappa shape index (κ1) is 26.0. The summed E-state index contributed by atoms with van der Waals surface area (Å²) >= 11 is 1.45. The fourth-order valence-electron chi connectivity index (χ4n) is 3.52. The number of nitrogens with zero attached hydrogens (tertiary/aromatic N) is 4. The lowest BCUT2D eigenvalue weighted by atomic mass is 10.1. The van der Waals surface area contributed by atoms with Gasteiger partial charge < -0.3 is 19.4 Å². The molecule has 178 valence electrons. The molecule has 2 rings (SSSR count). The number of carbonyl (C=O) groups excluding carboxylic acids is 1. The topological polar surface area (TPSA) is 81.5 Å². The Morgan fingerprint density at radius 2 is 1.94 bits per heavy atom. The molecule has 1 aromatic heterocycles. The van der Waals surface area contributed by atoms with Crippen LogP contribution in [0.25, 0.3) is 0 Å². The minimum absolute atomic E-state index is 0.0123. The Labute approximate surface area is 196 Å². The van der Waals surface area contributed by atoms with Crippen molar-refractivity contribution in [2.75, 3.05) is 40.6 Å². The molecule has 0 aliphatic heterocycles. The van der Waals surface area contributed by atoms with Gasteiger partial charge in [0.2, 0.25) is 5.91 Å². The smallest absolute Gasteiger partial charge is 0.230 e. The number of carbonyl (C=O) groups is 1. The first-order chi connectivity index (χ1) is 15.4. The number of unbranched alkanes of at least 4 members (excludes halogenated alkanes) is 1. The van der Waals surface area contributed by atoms with E-state index in [0.717, 1.165) is 42.4 Å². The van der Waals surface area contributed by atoms with Gasteiger partial charge in [0.25, 0.3) is 0 Å². The van der Waals surface area contributed by atoms with E-state index in [-0.39, 0.29) is 11.9 Å². The van der Waals surface area contributed by atoms with Crippen LogP contribution in [0.3, 0.4) is 0 Å². The Hall–Kier alpha value is -2.26. The van der Waals surface area contributed by atoms with Crippen molar-refractivity contribution >= 4 is 17.7 Å². The van der Waals surface area contributed by atoms with Gasteiger partial charge in [-0.05, 0) is 51.1 Å². The van der Waals surface area contributed by atoms with Crippen molar-refractivity contribution in [1.82, 2.24) is 25.0 Å². The minimum atomic E-state index is -0.0123. The zero-order valence-electron chi connectivity index (χ0n) is 20.2. The molecule has 0 radical (unpaired) electrons. The van der Waals surface area contributed by atoms with E-state index in [1.54, 1.807) is 14.2 Å². The summed E-state index contributed by atoms with van der Waals surface area (Å²) < 4.78 is 12.8. The Balaban J connectivity index is 1.92. The first-order valence-corrected chi connectivity index (χ1v) is 12.1. The molecule has 1 atom stereocenters. The summed E-state index contributed by atoms with van der Waals surface area (Å²) in [7, 11) is 7.36. The SMILES string of the molecule is CCCCn1c(SCC(=O)NCCc2ccc(OC)c(OC)c2)nnc1[C@@H](CC)N(C)C. The monoisotopic (exact) mass is 463 g/mol. The molecule has 0 spiro atoms. The molecule has 1 amide bonds. The molecule has 0 saturated carbocycles. The van der Waals surface area contributed by atoms with Gasteiger partial charge >= 0.3 is 0 Å². The van der Waals surface area contributed by atoms with Crippen molar-refractivity contribution in [3.05, 3.63) is 29.6 Å². The molecule has 1 N–H and O–H groups in total. The number of methoxy groups -OCH3 is 2. The Morgan fingerprint density at radius 3 is 2.56 bits per heavy atom. The number of hydrogen-bond donors (Lipinski definition) is 1. The predicted molar refractivity (Wildman–Crippen MR) is 129 cm³/mol. The zero-order chi connectivity index (χ0) is 23.5. The molecule has 1 heterocycles. The molecule has 0 aliphatic rings. The highest BCUT2D eigenvalue weighted by molar-refractivity contribution is 7.99. The second kappa shape index (κ2) is 13.3. The number of aromatic nitrogens is 3. The standard InChI is InChI=1S/C23H37N5O3S/c1-7-9-14-28-22(18(8-2)27(3)4)25-26-23(28)32-16-21(29)24-13-12-17-10-11-19(30-5)20(15-17)31-6/h10-11,15,18H,7-9,12-14,16H2,1-6H3,(H,24,29)/t18-/m1/s1. The van der Waals surface area contributed by atoms with Gasteiger partial charge in [-0.1, -0.05) is 38.1 Å². The number of thioether (sulfide) groups is 1. The van der Waals surface area contributed by atoms with E-state index in [9.17, 15) is 4.79 Å². The van der Waals surface area contributed by atoms with Crippen LogP contribution in [0.5, 0.6) is 11.5 Å². The molecular formula is C23H37N5O3S. The summed E-state index contributed by atoms with van der Waals surface area (Å²) in [6.45, 7) is 5.75. The van der Waals surface area contributed by atoms with Crippen LogP contribution in [0.2, 0.25) is 0 Å². The van der Waals surface area contributed by atoms with Crippen molar-refractivity contribution < 1.29 is 14.3 Å². The average Bonchev–Trinajstić information content (AvgIpc) is 3.18. The minimum Gasteiger partial charge on any atom is -0.493 e. The highest BCUT2D eigenvalue weighted by Gasteiger charge is 2.22. The van der Waals surface area contributed by atoms with Crippen LogP contribution in [-0.4, -0.2) is 66.2 Å². The Kier molecular flexibility index (Phi) is 10.8. The van der Waals surface area contributed by atoms with E-state index >= 15 is 0 Å². The van der Waals surface area contributed by atoms with Crippen molar-refractivity contribution in [1.29, 1.82) is 0 Å². The quantitative estimate of drug-likeness (QED) is 0.429. The summed E-state index contributed by atoms with van der Waals surface area (Å²) in [5.41, 5.74) is 1.08. The second-order valence-electron chi connectivity index (χ2n) is 7.81. The fraction of sp³-hybridized carbons (Fsp3) is 0.609. The lowest BCUT2D eigenvalue weighted by Crippen LogP contribution is -2.27. The molecule has 32 heavy (non-hydrogen) atoms. The lowest BCUT2D eigenvalue weighted by molar-refractivity contribution is -0.118. The van der Waals surface area contributed by atoms with Crippen LogP contribution in [0, 0.1) is 0 Å². The van der Waals surface area contributed by atoms with Gasteiger partial charge in [-0.25, -0.2) is 0 Å². The number of benzene rings is 1. The Bertz CT molecular complexity index is 856. The molecule has 8 nitrogen and oxygen atoms in total. The normalized spacial score (nSPS) is 12.1. The van der Waals surface area contributed by atoms with Crippen molar-refractivity contribution in [3.63, 3.8) is 0 Å². The number of hydrogen-bond acceptors (Lipinski definition) is 7. The molecule has 2 aromatic rings. The van der Waals surface area contributed by atoms with Gasteiger partial charge in [0.1, 0.15) is 0 Å². The molecule has 1 aromatic carbocycles. The van der Waals surface area contributed by atoms with Crippen LogP contribution >= 0.6 is 11.8 Å². The number of ether oxygens (including phenoxy) is 2. The third-order valence-electron chi connectivity index (χ3n) is 5.30. The maximum Gasteiger partial charge on any atom is 0.230 e. The molecule has 0 unspecified atom stereocenters. The third kappa shape index (κ3) is 7.13. The van der Waals surface area contributed by atoms with Gasteiger partial charge in [0.05, 0.1) is 26.0 Å². The summed E-state index contributed by atoms with van der Waals surface area (Å²) in [6, 6.07) is 6.01. The third-order valence-corrected chi connectivity index (χ3v) is 6.27. The van der Waals surface area contributed by atoms with E-state index in [4.69, 9.17) is 9.47 Å². The van der Waals surface area contributed by atoms with E-state index in [2.05, 4.69) is 52.9 Å². The molecule has 9 heteroatoms. The highest BCUT2D eigenvalue weighted by Crippen LogP contribution is 2.28. The highest BCUT2D eigenvalue weighted by atomic mass is 32.2. The zero-order valence-corrected chi connectivity index (χ0v) is 21.0. The van der Waals surface area contributed by atoms with E-state index < -0.39 is 0 Å². The van der Waals surface area contributed by atoms with Gasteiger partial charge in [-0.3, -0.25) is 9.69 Å². The summed E-state index contributed by atoms with van der Waals surface area (Å²) in [4.78, 5) is 14.6. The van der Waals surface area contributed by atoms with Crippen LogP contribution in [0.15, 0.2) is 23.4 Å². The van der Waals surface area contributed by atoms with Crippen LogP contribution in [0.4, 0.5) is 0 Å². The maximum atomic E-state index is 12.4. The van der Waals surface area contributed by atoms with Gasteiger partial charge in [-0.15, -0.1) is 10.2 Å². The molecule has 0 aliphatic carbocycles. The van der Waals surface area contributed by atoms with Crippen molar-refractivity contribution in [2.45, 2.75) is 57.3 Å². The van der Waals surface area contributed by atoms with Crippen LogP contribution in [0.1, 0.15) is 50.5 Å². The lowest BCUT2D eigenvalue weighted by Gasteiger charge is -2.23. The van der Waals surface area contributed by atoms with Gasteiger partial charge in [0, 0.05) is 13.1 Å². The van der Waals surface area contributed by atoms with Crippen LogP contribution in [-0.2, 0) is 17.8 Å². The second-order valence-corrected chi connectivity index (χ2v) is 8.75.